The van der Waals surface area contributed by atoms with Crippen LogP contribution < -0.4 is 5.32 Å². The standard InChI is InChI=1S/C15H14BrClN2O2/c1-9-7-12(16)14(8-15(9)19(20)21)18-10(2)11-5-3-4-6-13(11)17/h3-8,10,18H,1-2H3. The maximum absolute atomic E-state index is 11.0. The number of hydrogen-bond donors (Lipinski definition) is 1. The molecule has 0 aliphatic carbocycles. The Labute approximate surface area is 136 Å². The Morgan fingerprint density at radius 3 is 2.62 bits per heavy atom. The minimum atomic E-state index is -0.382. The second kappa shape index (κ2) is 6.45. The summed E-state index contributed by atoms with van der Waals surface area (Å²) >= 11 is 9.60. The molecule has 0 saturated heterocycles. The number of anilines is 1. The van der Waals surface area contributed by atoms with Gasteiger partial charge in [-0.15, -0.1) is 0 Å². The molecule has 0 fully saturated rings. The minimum Gasteiger partial charge on any atom is -0.377 e. The predicted octanol–water partition coefficient (Wildman–Crippen LogP) is 5.49. The second-order valence-corrected chi connectivity index (χ2v) is 6.02. The first-order chi connectivity index (χ1) is 9.90. The molecule has 110 valence electrons. The smallest absolute Gasteiger partial charge is 0.274 e. The van der Waals surface area contributed by atoms with Crippen molar-refractivity contribution in [3.05, 3.63) is 67.1 Å². The SMILES string of the molecule is Cc1cc(Br)c(NC(C)c2ccccc2Cl)cc1[N+](=O)[O-]. The fourth-order valence-electron chi connectivity index (χ4n) is 2.11. The number of aryl methyl sites for hydroxylation is 1. The molecular formula is C15H14BrClN2O2. The van der Waals surface area contributed by atoms with Crippen LogP contribution in [0.2, 0.25) is 5.02 Å². The molecule has 0 saturated carbocycles. The number of halogens is 2. The van der Waals surface area contributed by atoms with Gasteiger partial charge in [0.05, 0.1) is 16.7 Å². The number of hydrogen-bond acceptors (Lipinski definition) is 3. The van der Waals surface area contributed by atoms with E-state index < -0.39 is 0 Å². The number of nitrogens with zero attached hydrogens (tertiary/aromatic N) is 1. The highest BCUT2D eigenvalue weighted by Gasteiger charge is 2.16. The molecular weight excluding hydrogens is 356 g/mol. The molecule has 1 N–H and O–H groups in total. The topological polar surface area (TPSA) is 55.2 Å². The van der Waals surface area contributed by atoms with Crippen molar-refractivity contribution in [2.45, 2.75) is 19.9 Å². The zero-order valence-electron chi connectivity index (χ0n) is 11.6. The first-order valence-corrected chi connectivity index (χ1v) is 7.52. The molecule has 2 aromatic carbocycles. The van der Waals surface area contributed by atoms with Crippen LogP contribution in [0.3, 0.4) is 0 Å². The van der Waals surface area contributed by atoms with Crippen molar-refractivity contribution in [1.82, 2.24) is 0 Å². The van der Waals surface area contributed by atoms with Gasteiger partial charge in [-0.3, -0.25) is 10.1 Å². The largest absolute Gasteiger partial charge is 0.377 e. The summed E-state index contributed by atoms with van der Waals surface area (Å²) in [5, 5.41) is 15.0. The lowest BCUT2D eigenvalue weighted by molar-refractivity contribution is -0.385. The van der Waals surface area contributed by atoms with Crippen LogP contribution in [0.15, 0.2) is 40.9 Å². The van der Waals surface area contributed by atoms with Crippen LogP contribution in [0.5, 0.6) is 0 Å². The molecule has 0 aliphatic rings. The highest BCUT2D eigenvalue weighted by Crippen LogP contribution is 2.34. The Kier molecular flexibility index (Phi) is 4.85. The van der Waals surface area contributed by atoms with E-state index in [1.165, 1.54) is 6.07 Å². The van der Waals surface area contributed by atoms with Crippen LogP contribution >= 0.6 is 27.5 Å². The number of nitro benzene ring substituents is 1. The van der Waals surface area contributed by atoms with E-state index >= 15 is 0 Å². The van der Waals surface area contributed by atoms with Gasteiger partial charge < -0.3 is 5.32 Å². The van der Waals surface area contributed by atoms with Crippen LogP contribution in [0.1, 0.15) is 24.1 Å². The highest BCUT2D eigenvalue weighted by molar-refractivity contribution is 9.10. The molecule has 2 rings (SSSR count). The predicted molar refractivity (Wildman–Crippen MR) is 89.0 cm³/mol. The van der Waals surface area contributed by atoms with Gasteiger partial charge in [-0.25, -0.2) is 0 Å². The van der Waals surface area contributed by atoms with Gasteiger partial charge >= 0.3 is 0 Å². The van der Waals surface area contributed by atoms with Crippen molar-refractivity contribution >= 4 is 38.9 Å². The Morgan fingerprint density at radius 1 is 1.33 bits per heavy atom. The normalized spacial score (nSPS) is 12.0. The lowest BCUT2D eigenvalue weighted by Gasteiger charge is -2.18. The third kappa shape index (κ3) is 3.54. The molecule has 1 unspecified atom stereocenters. The third-order valence-corrected chi connectivity index (χ3v) is 4.23. The zero-order valence-corrected chi connectivity index (χ0v) is 13.9. The van der Waals surface area contributed by atoms with E-state index in [-0.39, 0.29) is 16.7 Å². The first kappa shape index (κ1) is 15.8. The van der Waals surface area contributed by atoms with Crippen molar-refractivity contribution in [3.8, 4) is 0 Å². The van der Waals surface area contributed by atoms with Crippen molar-refractivity contribution in [2.24, 2.45) is 0 Å². The molecule has 4 nitrogen and oxygen atoms in total. The number of benzene rings is 2. The fraction of sp³-hybridized carbons (Fsp3) is 0.200. The summed E-state index contributed by atoms with van der Waals surface area (Å²) in [5.74, 6) is 0. The third-order valence-electron chi connectivity index (χ3n) is 3.23. The van der Waals surface area contributed by atoms with Gasteiger partial charge in [0.25, 0.3) is 5.69 Å². The van der Waals surface area contributed by atoms with E-state index in [2.05, 4.69) is 21.2 Å². The summed E-state index contributed by atoms with van der Waals surface area (Å²) in [6.07, 6.45) is 0. The maximum Gasteiger partial charge on any atom is 0.274 e. The summed E-state index contributed by atoms with van der Waals surface area (Å²) in [6, 6.07) is 10.7. The summed E-state index contributed by atoms with van der Waals surface area (Å²) in [6.45, 7) is 3.67. The van der Waals surface area contributed by atoms with E-state index in [1.807, 2.05) is 31.2 Å². The zero-order chi connectivity index (χ0) is 15.6. The highest BCUT2D eigenvalue weighted by atomic mass is 79.9. The lowest BCUT2D eigenvalue weighted by Crippen LogP contribution is -2.08. The second-order valence-electron chi connectivity index (χ2n) is 4.76. The summed E-state index contributed by atoms with van der Waals surface area (Å²) < 4.78 is 0.782. The number of nitrogens with one attached hydrogen (secondary N) is 1. The summed E-state index contributed by atoms with van der Waals surface area (Å²) in [5.41, 5.74) is 2.31. The van der Waals surface area contributed by atoms with Crippen LogP contribution in [-0.2, 0) is 0 Å². The van der Waals surface area contributed by atoms with Crippen molar-refractivity contribution in [1.29, 1.82) is 0 Å². The van der Waals surface area contributed by atoms with Gasteiger partial charge in [-0.05, 0) is 47.5 Å². The molecule has 0 amide bonds. The average Bonchev–Trinajstić information content (AvgIpc) is 2.41. The van der Waals surface area contributed by atoms with Crippen LogP contribution in [0.25, 0.3) is 0 Å². The first-order valence-electron chi connectivity index (χ1n) is 6.35. The Morgan fingerprint density at radius 2 is 2.00 bits per heavy atom. The van der Waals surface area contributed by atoms with Gasteiger partial charge in [0.15, 0.2) is 0 Å². The Balaban J connectivity index is 2.33. The molecule has 0 aromatic heterocycles. The molecule has 1 atom stereocenters. The Hall–Kier alpha value is -1.59. The Bertz CT molecular complexity index is 691. The van der Waals surface area contributed by atoms with E-state index in [1.54, 1.807) is 13.0 Å². The fourth-order valence-corrected chi connectivity index (χ4v) is 2.98. The van der Waals surface area contributed by atoms with E-state index in [0.29, 0.717) is 16.3 Å². The molecule has 0 bridgehead atoms. The molecule has 0 aliphatic heterocycles. The van der Waals surface area contributed by atoms with Crippen LogP contribution in [0, 0.1) is 17.0 Å². The summed E-state index contributed by atoms with van der Waals surface area (Å²) in [4.78, 5) is 10.7. The van der Waals surface area contributed by atoms with Gasteiger partial charge in [0.1, 0.15) is 0 Å². The quantitative estimate of drug-likeness (QED) is 0.572. The molecule has 6 heteroatoms. The molecule has 2 aromatic rings. The van der Waals surface area contributed by atoms with E-state index in [4.69, 9.17) is 11.6 Å². The molecule has 0 radical (unpaired) electrons. The van der Waals surface area contributed by atoms with Crippen molar-refractivity contribution < 1.29 is 4.92 Å². The minimum absolute atomic E-state index is 0.0719. The van der Waals surface area contributed by atoms with Crippen molar-refractivity contribution in [2.75, 3.05) is 5.32 Å². The van der Waals surface area contributed by atoms with Gasteiger partial charge in [-0.2, -0.15) is 0 Å². The van der Waals surface area contributed by atoms with Gasteiger partial charge in [0, 0.05) is 21.1 Å². The molecule has 0 heterocycles. The summed E-state index contributed by atoms with van der Waals surface area (Å²) in [7, 11) is 0. The molecule has 21 heavy (non-hydrogen) atoms. The average molecular weight is 370 g/mol. The van der Waals surface area contributed by atoms with E-state index in [9.17, 15) is 10.1 Å². The monoisotopic (exact) mass is 368 g/mol. The molecule has 0 spiro atoms. The maximum atomic E-state index is 11.0. The van der Waals surface area contributed by atoms with Gasteiger partial charge in [-0.1, -0.05) is 29.8 Å². The van der Waals surface area contributed by atoms with Crippen LogP contribution in [-0.4, -0.2) is 4.92 Å². The number of rotatable bonds is 4. The number of nitro groups is 1. The van der Waals surface area contributed by atoms with Crippen LogP contribution in [0.4, 0.5) is 11.4 Å². The van der Waals surface area contributed by atoms with E-state index in [0.717, 1.165) is 10.0 Å². The lowest BCUT2D eigenvalue weighted by atomic mass is 10.1. The van der Waals surface area contributed by atoms with Crippen molar-refractivity contribution in [3.63, 3.8) is 0 Å². The van der Waals surface area contributed by atoms with Gasteiger partial charge in [0.2, 0.25) is 0 Å².